The Balaban J connectivity index is 1.76. The van der Waals surface area contributed by atoms with Gasteiger partial charge in [0.1, 0.15) is 0 Å². The van der Waals surface area contributed by atoms with E-state index >= 15 is 0 Å². The van der Waals surface area contributed by atoms with Crippen LogP contribution in [0, 0.1) is 27.7 Å². The number of nitrogens with one attached hydrogen (secondary N) is 2. The molecule has 4 nitrogen and oxygen atoms in total. The van der Waals surface area contributed by atoms with Gasteiger partial charge in [-0.3, -0.25) is 4.68 Å². The van der Waals surface area contributed by atoms with Crippen molar-refractivity contribution in [1.29, 1.82) is 0 Å². The van der Waals surface area contributed by atoms with E-state index in [1.165, 1.54) is 5.56 Å². The van der Waals surface area contributed by atoms with Gasteiger partial charge in [-0.1, -0.05) is 35.9 Å². The maximum atomic E-state index is 6.09. The fourth-order valence-electron chi connectivity index (χ4n) is 2.98. The average Bonchev–Trinajstić information content (AvgIpc) is 2.86. The summed E-state index contributed by atoms with van der Waals surface area (Å²) in [6, 6.07) is 14.1. The minimum absolute atomic E-state index is 0.553. The number of halogens is 1. The summed E-state index contributed by atoms with van der Waals surface area (Å²) in [7, 11) is 0. The lowest BCUT2D eigenvalue weighted by Gasteiger charge is -2.13. The Bertz CT molecular complexity index is 994. The molecule has 0 amide bonds. The number of thiocarbonyl (C=S) groups is 1. The van der Waals surface area contributed by atoms with Crippen molar-refractivity contribution in [3.05, 3.63) is 75.6 Å². The van der Waals surface area contributed by atoms with Crippen molar-refractivity contribution >= 4 is 40.3 Å². The minimum atomic E-state index is 0.553. The van der Waals surface area contributed by atoms with Crippen LogP contribution in [0.3, 0.4) is 0 Å². The van der Waals surface area contributed by atoms with Crippen molar-refractivity contribution in [2.75, 3.05) is 10.6 Å². The number of anilines is 2. The van der Waals surface area contributed by atoms with Gasteiger partial charge in [0.15, 0.2) is 5.11 Å². The molecule has 0 unspecified atom stereocenters. The molecule has 6 heteroatoms. The van der Waals surface area contributed by atoms with Gasteiger partial charge in [-0.2, -0.15) is 5.10 Å². The molecule has 0 saturated heterocycles. The van der Waals surface area contributed by atoms with Crippen LogP contribution in [0.4, 0.5) is 11.4 Å². The van der Waals surface area contributed by atoms with Crippen LogP contribution in [0.25, 0.3) is 0 Å². The summed E-state index contributed by atoms with van der Waals surface area (Å²) in [4.78, 5) is 0. The highest BCUT2D eigenvalue weighted by Gasteiger charge is 2.13. The van der Waals surface area contributed by atoms with Crippen molar-refractivity contribution in [2.45, 2.75) is 34.2 Å². The molecule has 0 fully saturated rings. The van der Waals surface area contributed by atoms with E-state index in [1.807, 2.05) is 42.8 Å². The van der Waals surface area contributed by atoms with Gasteiger partial charge in [0, 0.05) is 10.7 Å². The third-order valence-electron chi connectivity index (χ3n) is 4.48. The number of aryl methyl sites for hydroxylation is 3. The van der Waals surface area contributed by atoms with E-state index in [1.54, 1.807) is 0 Å². The largest absolute Gasteiger partial charge is 0.332 e. The maximum absolute atomic E-state index is 6.09. The Kier molecular flexibility index (Phi) is 5.82. The smallest absolute Gasteiger partial charge is 0.175 e. The Labute approximate surface area is 170 Å². The lowest BCUT2D eigenvalue weighted by atomic mass is 10.1. The summed E-state index contributed by atoms with van der Waals surface area (Å²) < 4.78 is 1.96. The van der Waals surface area contributed by atoms with Gasteiger partial charge in [0.25, 0.3) is 0 Å². The van der Waals surface area contributed by atoms with E-state index in [4.69, 9.17) is 23.8 Å². The Morgan fingerprint density at radius 2 is 1.85 bits per heavy atom. The van der Waals surface area contributed by atoms with Crippen LogP contribution < -0.4 is 10.6 Å². The highest BCUT2D eigenvalue weighted by Crippen LogP contribution is 2.22. The number of rotatable bonds is 4. The fraction of sp³-hybridized carbons (Fsp3) is 0.238. The number of hydrogen-bond acceptors (Lipinski definition) is 2. The van der Waals surface area contributed by atoms with Crippen molar-refractivity contribution < 1.29 is 0 Å². The van der Waals surface area contributed by atoms with Crippen LogP contribution in [0.15, 0.2) is 42.5 Å². The SMILES string of the molecule is Cc1ccc(C)c(NC(=S)Nc2c(C)nn(Cc3cccc(Cl)c3)c2C)c1. The molecule has 0 bridgehead atoms. The zero-order valence-corrected chi connectivity index (χ0v) is 17.5. The molecule has 0 aliphatic heterocycles. The van der Waals surface area contributed by atoms with Crippen LogP contribution in [0.2, 0.25) is 5.02 Å². The second-order valence-electron chi connectivity index (χ2n) is 6.73. The molecule has 0 aliphatic rings. The van der Waals surface area contributed by atoms with Gasteiger partial charge >= 0.3 is 0 Å². The van der Waals surface area contributed by atoms with Gasteiger partial charge in [0.2, 0.25) is 0 Å². The molecule has 140 valence electrons. The minimum Gasteiger partial charge on any atom is -0.332 e. The zero-order valence-electron chi connectivity index (χ0n) is 15.9. The van der Waals surface area contributed by atoms with Crippen LogP contribution >= 0.6 is 23.8 Å². The molecule has 0 spiro atoms. The standard InChI is InChI=1S/C21H23ClN4S/c1-13-8-9-14(2)19(10-13)23-21(27)24-20-15(3)25-26(16(20)4)12-17-6-5-7-18(22)11-17/h5-11H,12H2,1-4H3,(H2,23,24,27). The quantitative estimate of drug-likeness (QED) is 0.559. The molecule has 0 aliphatic carbocycles. The van der Waals surface area contributed by atoms with E-state index in [0.717, 1.165) is 38.9 Å². The topological polar surface area (TPSA) is 41.9 Å². The maximum Gasteiger partial charge on any atom is 0.175 e. The Morgan fingerprint density at radius 3 is 2.59 bits per heavy atom. The first kappa shape index (κ1) is 19.4. The lowest BCUT2D eigenvalue weighted by Crippen LogP contribution is -2.20. The molecular weight excluding hydrogens is 376 g/mol. The number of hydrogen-bond donors (Lipinski definition) is 2. The molecule has 0 saturated carbocycles. The molecule has 27 heavy (non-hydrogen) atoms. The molecule has 3 aromatic rings. The highest BCUT2D eigenvalue weighted by molar-refractivity contribution is 7.80. The van der Waals surface area contributed by atoms with Crippen molar-refractivity contribution in [2.24, 2.45) is 0 Å². The first-order valence-corrected chi connectivity index (χ1v) is 9.56. The summed E-state index contributed by atoms with van der Waals surface area (Å²) in [6.07, 6.45) is 0. The fourth-order valence-corrected chi connectivity index (χ4v) is 3.40. The van der Waals surface area contributed by atoms with Gasteiger partial charge in [-0.15, -0.1) is 0 Å². The van der Waals surface area contributed by atoms with E-state index in [9.17, 15) is 0 Å². The normalized spacial score (nSPS) is 10.7. The van der Waals surface area contributed by atoms with Crippen LogP contribution in [-0.4, -0.2) is 14.9 Å². The predicted octanol–water partition coefficient (Wildman–Crippen LogP) is 5.63. The van der Waals surface area contributed by atoms with E-state index < -0.39 is 0 Å². The summed E-state index contributed by atoms with van der Waals surface area (Å²) in [5.41, 5.74) is 7.31. The highest BCUT2D eigenvalue weighted by atomic mass is 35.5. The summed E-state index contributed by atoms with van der Waals surface area (Å²) in [6.45, 7) is 8.79. The summed E-state index contributed by atoms with van der Waals surface area (Å²) in [5.74, 6) is 0. The summed E-state index contributed by atoms with van der Waals surface area (Å²) in [5, 5.41) is 12.5. The second kappa shape index (κ2) is 8.11. The number of nitrogens with zero attached hydrogens (tertiary/aromatic N) is 2. The lowest BCUT2D eigenvalue weighted by molar-refractivity contribution is 0.659. The number of benzene rings is 2. The van der Waals surface area contributed by atoms with Crippen LogP contribution in [0.1, 0.15) is 28.1 Å². The molecule has 0 atom stereocenters. The van der Waals surface area contributed by atoms with Gasteiger partial charge in [0.05, 0.1) is 23.6 Å². The van der Waals surface area contributed by atoms with E-state index in [0.29, 0.717) is 11.7 Å². The Hall–Kier alpha value is -2.37. The zero-order chi connectivity index (χ0) is 19.6. The third kappa shape index (κ3) is 4.67. The molecule has 1 aromatic heterocycles. The Morgan fingerprint density at radius 1 is 1.07 bits per heavy atom. The molecular formula is C21H23ClN4S. The predicted molar refractivity (Wildman–Crippen MR) is 118 cm³/mol. The van der Waals surface area contributed by atoms with Crippen LogP contribution in [0.5, 0.6) is 0 Å². The first-order valence-electron chi connectivity index (χ1n) is 8.77. The number of aromatic nitrogens is 2. The average molecular weight is 399 g/mol. The molecule has 3 rings (SSSR count). The van der Waals surface area contributed by atoms with E-state index in [-0.39, 0.29) is 0 Å². The molecule has 2 aromatic carbocycles. The molecule has 2 N–H and O–H groups in total. The third-order valence-corrected chi connectivity index (χ3v) is 4.92. The van der Waals surface area contributed by atoms with Crippen molar-refractivity contribution in [1.82, 2.24) is 9.78 Å². The van der Waals surface area contributed by atoms with Crippen molar-refractivity contribution in [3.8, 4) is 0 Å². The molecule has 1 heterocycles. The van der Waals surface area contributed by atoms with Gasteiger partial charge < -0.3 is 10.6 Å². The second-order valence-corrected chi connectivity index (χ2v) is 7.58. The van der Waals surface area contributed by atoms with Crippen LogP contribution in [-0.2, 0) is 6.54 Å². The monoisotopic (exact) mass is 398 g/mol. The first-order chi connectivity index (χ1) is 12.8. The van der Waals surface area contributed by atoms with Gasteiger partial charge in [-0.25, -0.2) is 0 Å². The van der Waals surface area contributed by atoms with Crippen molar-refractivity contribution in [3.63, 3.8) is 0 Å². The van der Waals surface area contributed by atoms with Gasteiger partial charge in [-0.05, 0) is 74.8 Å². The summed E-state index contributed by atoms with van der Waals surface area (Å²) >= 11 is 11.6. The van der Waals surface area contributed by atoms with E-state index in [2.05, 4.69) is 47.8 Å². The molecule has 0 radical (unpaired) electrons.